The van der Waals surface area contributed by atoms with Crippen molar-refractivity contribution in [3.8, 4) is 0 Å². The Morgan fingerprint density at radius 2 is 2.12 bits per heavy atom. The minimum atomic E-state index is -0.453. The third kappa shape index (κ3) is 2.60. The minimum absolute atomic E-state index is 0.0333. The second-order valence-corrected chi connectivity index (χ2v) is 3.62. The zero-order valence-corrected chi connectivity index (χ0v) is 9.25. The molecule has 0 fully saturated rings. The van der Waals surface area contributed by atoms with Crippen molar-refractivity contribution < 1.29 is 4.92 Å². The number of hydrogen-bond donors (Lipinski definition) is 1. The van der Waals surface area contributed by atoms with Crippen molar-refractivity contribution in [2.24, 2.45) is 0 Å². The molecule has 1 N–H and O–H groups in total. The summed E-state index contributed by atoms with van der Waals surface area (Å²) in [6.45, 7) is 0. The molecular weight excluding hydrogens is 217 g/mol. The molecule has 0 bridgehead atoms. The lowest BCUT2D eigenvalue weighted by Gasteiger charge is -2.06. The first kappa shape index (κ1) is 11.1. The van der Waals surface area contributed by atoms with E-state index in [1.807, 2.05) is 32.1 Å². The number of anilines is 2. The molecule has 0 spiro atoms. The zero-order chi connectivity index (χ0) is 12.3. The SMILES string of the molecule is Bc1cccc(Nc2ncccc2[N+](=O)[O-])c1. The summed E-state index contributed by atoms with van der Waals surface area (Å²) in [5.74, 6) is 0.253. The summed E-state index contributed by atoms with van der Waals surface area (Å²) in [7, 11) is 1.96. The maximum absolute atomic E-state index is 10.8. The van der Waals surface area contributed by atoms with Crippen molar-refractivity contribution in [2.45, 2.75) is 0 Å². The smallest absolute Gasteiger partial charge is 0.311 e. The van der Waals surface area contributed by atoms with Gasteiger partial charge in [0.1, 0.15) is 7.85 Å². The molecule has 6 heteroatoms. The van der Waals surface area contributed by atoms with Crippen LogP contribution >= 0.6 is 0 Å². The predicted molar refractivity (Wildman–Crippen MR) is 68.8 cm³/mol. The van der Waals surface area contributed by atoms with Gasteiger partial charge in [0.05, 0.1) is 4.92 Å². The number of rotatable bonds is 3. The lowest BCUT2D eigenvalue weighted by Crippen LogP contribution is -2.04. The van der Waals surface area contributed by atoms with Crippen LogP contribution in [0.25, 0.3) is 0 Å². The molecule has 0 aliphatic carbocycles. The molecule has 1 aromatic heterocycles. The Kier molecular flexibility index (Phi) is 3.04. The standard InChI is InChI=1S/C11H10BN3O2/c12-8-3-1-4-9(7-8)14-11-10(15(16)17)5-2-6-13-11/h1-7H,12H2,(H,13,14). The lowest BCUT2D eigenvalue weighted by atomic mass is 9.96. The summed E-state index contributed by atoms with van der Waals surface area (Å²) in [4.78, 5) is 14.3. The fourth-order valence-corrected chi connectivity index (χ4v) is 1.50. The zero-order valence-electron chi connectivity index (χ0n) is 9.25. The number of benzene rings is 1. The molecule has 1 heterocycles. The predicted octanol–water partition coefficient (Wildman–Crippen LogP) is 0.992. The van der Waals surface area contributed by atoms with Crippen LogP contribution in [-0.2, 0) is 0 Å². The van der Waals surface area contributed by atoms with Crippen LogP contribution in [0.5, 0.6) is 0 Å². The molecule has 0 saturated carbocycles. The molecule has 0 radical (unpaired) electrons. The van der Waals surface area contributed by atoms with Gasteiger partial charge in [0.25, 0.3) is 0 Å². The van der Waals surface area contributed by atoms with E-state index < -0.39 is 4.92 Å². The van der Waals surface area contributed by atoms with Crippen molar-refractivity contribution in [3.63, 3.8) is 0 Å². The number of nitrogens with one attached hydrogen (secondary N) is 1. The Labute approximate surface area is 99.1 Å². The monoisotopic (exact) mass is 227 g/mol. The van der Waals surface area contributed by atoms with Gasteiger partial charge in [-0.2, -0.15) is 0 Å². The van der Waals surface area contributed by atoms with Crippen molar-refractivity contribution in [3.05, 3.63) is 52.7 Å². The van der Waals surface area contributed by atoms with Crippen molar-refractivity contribution in [1.82, 2.24) is 4.98 Å². The van der Waals surface area contributed by atoms with Crippen LogP contribution in [0.3, 0.4) is 0 Å². The highest BCUT2D eigenvalue weighted by molar-refractivity contribution is 6.32. The highest BCUT2D eigenvalue weighted by atomic mass is 16.6. The van der Waals surface area contributed by atoms with Gasteiger partial charge in [0, 0.05) is 18.0 Å². The van der Waals surface area contributed by atoms with Gasteiger partial charge in [-0.1, -0.05) is 17.6 Å². The topological polar surface area (TPSA) is 68.1 Å². The first-order chi connectivity index (χ1) is 8.16. The van der Waals surface area contributed by atoms with E-state index in [1.54, 1.807) is 6.07 Å². The largest absolute Gasteiger partial charge is 0.334 e. The van der Waals surface area contributed by atoms with Gasteiger partial charge in [-0.3, -0.25) is 10.1 Å². The molecule has 5 nitrogen and oxygen atoms in total. The second kappa shape index (κ2) is 4.65. The van der Waals surface area contributed by atoms with Crippen LogP contribution in [0.2, 0.25) is 0 Å². The van der Waals surface area contributed by atoms with E-state index in [1.165, 1.54) is 12.3 Å². The Hall–Kier alpha value is -2.37. The molecule has 0 aliphatic rings. The van der Waals surface area contributed by atoms with Gasteiger partial charge in [0.15, 0.2) is 0 Å². The van der Waals surface area contributed by atoms with E-state index in [0.717, 1.165) is 11.2 Å². The Morgan fingerprint density at radius 1 is 1.29 bits per heavy atom. The van der Waals surface area contributed by atoms with Crippen molar-refractivity contribution >= 4 is 30.5 Å². The maximum Gasteiger partial charge on any atom is 0.311 e. The van der Waals surface area contributed by atoms with E-state index in [2.05, 4.69) is 10.3 Å². The first-order valence-corrected chi connectivity index (χ1v) is 5.10. The van der Waals surface area contributed by atoms with Crippen LogP contribution < -0.4 is 10.8 Å². The molecular formula is C11H10BN3O2. The molecule has 2 rings (SSSR count). The van der Waals surface area contributed by atoms with Crippen molar-refractivity contribution in [2.75, 3.05) is 5.32 Å². The van der Waals surface area contributed by atoms with Crippen molar-refractivity contribution in [1.29, 1.82) is 0 Å². The molecule has 0 atom stereocenters. The summed E-state index contributed by atoms with van der Waals surface area (Å²) in [5, 5.41) is 13.7. The Morgan fingerprint density at radius 3 is 2.82 bits per heavy atom. The van der Waals surface area contributed by atoms with E-state index in [0.29, 0.717) is 0 Å². The lowest BCUT2D eigenvalue weighted by molar-refractivity contribution is -0.384. The summed E-state index contributed by atoms with van der Waals surface area (Å²) < 4.78 is 0. The molecule has 0 unspecified atom stereocenters. The van der Waals surface area contributed by atoms with Gasteiger partial charge in [-0.05, 0) is 18.2 Å². The van der Waals surface area contributed by atoms with Crippen LogP contribution in [-0.4, -0.2) is 17.8 Å². The van der Waals surface area contributed by atoms with Gasteiger partial charge >= 0.3 is 5.69 Å². The summed E-state index contributed by atoms with van der Waals surface area (Å²) in [6.07, 6.45) is 1.52. The first-order valence-electron chi connectivity index (χ1n) is 5.10. The molecule has 84 valence electrons. The molecule has 2 aromatic rings. The average Bonchev–Trinajstić information content (AvgIpc) is 2.29. The highest BCUT2D eigenvalue weighted by Crippen LogP contribution is 2.23. The average molecular weight is 227 g/mol. The quantitative estimate of drug-likeness (QED) is 0.482. The molecule has 0 amide bonds. The summed E-state index contributed by atoms with van der Waals surface area (Å²) in [6, 6.07) is 10.5. The fourth-order valence-electron chi connectivity index (χ4n) is 1.50. The van der Waals surface area contributed by atoms with Gasteiger partial charge < -0.3 is 5.32 Å². The third-order valence-corrected chi connectivity index (χ3v) is 2.26. The summed E-state index contributed by atoms with van der Waals surface area (Å²) in [5.41, 5.74) is 1.83. The van der Waals surface area contributed by atoms with Gasteiger partial charge in [-0.15, -0.1) is 0 Å². The number of nitrogens with zero attached hydrogens (tertiary/aromatic N) is 2. The molecule has 17 heavy (non-hydrogen) atoms. The van der Waals surface area contributed by atoms with Crippen LogP contribution in [0.15, 0.2) is 42.6 Å². The van der Waals surface area contributed by atoms with Crippen LogP contribution in [0.1, 0.15) is 0 Å². The summed E-state index contributed by atoms with van der Waals surface area (Å²) >= 11 is 0. The van der Waals surface area contributed by atoms with Crippen LogP contribution in [0, 0.1) is 10.1 Å². The second-order valence-electron chi connectivity index (χ2n) is 3.62. The third-order valence-electron chi connectivity index (χ3n) is 2.26. The fraction of sp³-hybridized carbons (Fsp3) is 0. The number of pyridine rings is 1. The van der Waals surface area contributed by atoms with E-state index in [9.17, 15) is 10.1 Å². The number of aromatic nitrogens is 1. The maximum atomic E-state index is 10.8. The number of nitro groups is 1. The molecule has 0 aliphatic heterocycles. The highest BCUT2D eigenvalue weighted by Gasteiger charge is 2.13. The van der Waals surface area contributed by atoms with Gasteiger partial charge in [-0.25, -0.2) is 4.98 Å². The van der Waals surface area contributed by atoms with E-state index >= 15 is 0 Å². The Balaban J connectivity index is 2.33. The normalized spacial score (nSPS) is 9.88. The van der Waals surface area contributed by atoms with Crippen LogP contribution in [0.4, 0.5) is 17.2 Å². The molecule has 0 saturated heterocycles. The number of hydrogen-bond acceptors (Lipinski definition) is 4. The minimum Gasteiger partial charge on any atom is -0.334 e. The van der Waals surface area contributed by atoms with E-state index in [4.69, 9.17) is 0 Å². The van der Waals surface area contributed by atoms with E-state index in [-0.39, 0.29) is 11.5 Å². The Bertz CT molecular complexity index is 560. The molecule has 1 aromatic carbocycles. The van der Waals surface area contributed by atoms with Gasteiger partial charge in [0.2, 0.25) is 5.82 Å².